The second kappa shape index (κ2) is 8.95. The van der Waals surface area contributed by atoms with Crippen LogP contribution in [0, 0.1) is 0 Å². The van der Waals surface area contributed by atoms with E-state index in [-0.39, 0.29) is 0 Å². The number of benzene rings is 8. The van der Waals surface area contributed by atoms with Crippen molar-refractivity contribution in [2.75, 3.05) is 0 Å². The molecule has 0 aliphatic rings. The Morgan fingerprint density at radius 3 is 1.45 bits per heavy atom. The maximum absolute atomic E-state index is 4.99. The highest BCUT2D eigenvalue weighted by Crippen LogP contribution is 2.44. The van der Waals surface area contributed by atoms with Crippen LogP contribution >= 0.6 is 0 Å². The summed E-state index contributed by atoms with van der Waals surface area (Å²) in [6.45, 7) is 0. The number of aromatic nitrogens is 2. The van der Waals surface area contributed by atoms with Crippen molar-refractivity contribution in [2.45, 2.75) is 0 Å². The van der Waals surface area contributed by atoms with E-state index in [4.69, 9.17) is 9.97 Å². The molecule has 2 heteroatoms. The topological polar surface area (TPSA) is 25.8 Å². The summed E-state index contributed by atoms with van der Waals surface area (Å²) in [7, 11) is 0. The summed E-state index contributed by atoms with van der Waals surface area (Å²) in [6, 6.07) is 47.8. The van der Waals surface area contributed by atoms with Crippen molar-refractivity contribution >= 4 is 53.9 Å². The summed E-state index contributed by atoms with van der Waals surface area (Å²) in [5.74, 6) is 0.742. The highest BCUT2D eigenvalue weighted by atomic mass is 14.9. The van der Waals surface area contributed by atoms with Crippen LogP contribution in [-0.2, 0) is 0 Å². The van der Waals surface area contributed by atoms with Gasteiger partial charge in [-0.2, -0.15) is 0 Å². The fourth-order valence-electron chi connectivity index (χ4n) is 6.88. The summed E-state index contributed by atoms with van der Waals surface area (Å²) >= 11 is 0. The van der Waals surface area contributed by atoms with Crippen LogP contribution in [0.2, 0.25) is 0 Å². The van der Waals surface area contributed by atoms with E-state index in [0.717, 1.165) is 17.0 Å². The van der Waals surface area contributed by atoms with Crippen molar-refractivity contribution in [2.24, 2.45) is 0 Å². The van der Waals surface area contributed by atoms with Crippen LogP contribution in [0.5, 0.6) is 0 Å². The van der Waals surface area contributed by atoms with Crippen molar-refractivity contribution in [3.63, 3.8) is 0 Å². The molecule has 0 bridgehead atoms. The van der Waals surface area contributed by atoms with Gasteiger partial charge in [0.1, 0.15) is 0 Å². The predicted octanol–water partition coefficient (Wildman–Crippen LogP) is 10.7. The first-order valence-corrected chi connectivity index (χ1v) is 14.3. The molecule has 0 unspecified atom stereocenters. The lowest BCUT2D eigenvalue weighted by atomic mass is 9.86. The SMILES string of the molecule is c1ccc(-c2c3ccccc3c(-c3cnc(-c4ccc5ccc6cccc7ccc4c5c67)nc3)c3ccccc23)cc1. The zero-order valence-corrected chi connectivity index (χ0v) is 22.8. The fraction of sp³-hybridized carbons (Fsp3) is 0. The average Bonchev–Trinajstić information content (AvgIpc) is 3.06. The number of nitrogens with zero attached hydrogens (tertiary/aromatic N) is 2. The number of rotatable bonds is 3. The molecule has 0 fully saturated rings. The lowest BCUT2D eigenvalue weighted by molar-refractivity contribution is 1.18. The van der Waals surface area contributed by atoms with E-state index in [0.29, 0.717) is 0 Å². The highest BCUT2D eigenvalue weighted by molar-refractivity contribution is 6.25. The van der Waals surface area contributed by atoms with E-state index in [1.165, 1.54) is 70.6 Å². The molecule has 194 valence electrons. The van der Waals surface area contributed by atoms with Gasteiger partial charge in [0, 0.05) is 29.1 Å². The van der Waals surface area contributed by atoms with Crippen LogP contribution in [0.4, 0.5) is 0 Å². The molecule has 0 atom stereocenters. The molecular weight excluding hydrogens is 508 g/mol. The molecule has 9 rings (SSSR count). The Kier molecular flexibility index (Phi) is 4.93. The summed E-state index contributed by atoms with van der Waals surface area (Å²) in [4.78, 5) is 9.98. The summed E-state index contributed by atoms with van der Waals surface area (Å²) in [5, 5.41) is 12.4. The van der Waals surface area contributed by atoms with Gasteiger partial charge in [0.2, 0.25) is 0 Å². The Balaban J connectivity index is 1.26. The first-order valence-electron chi connectivity index (χ1n) is 14.3. The Labute approximate surface area is 242 Å². The molecule has 0 aliphatic carbocycles. The third-order valence-electron chi connectivity index (χ3n) is 8.70. The monoisotopic (exact) mass is 532 g/mol. The van der Waals surface area contributed by atoms with Crippen LogP contribution in [0.3, 0.4) is 0 Å². The molecule has 0 saturated carbocycles. The van der Waals surface area contributed by atoms with Gasteiger partial charge in [-0.25, -0.2) is 9.97 Å². The molecule has 2 nitrogen and oxygen atoms in total. The molecule has 0 spiro atoms. The van der Waals surface area contributed by atoms with Gasteiger partial charge >= 0.3 is 0 Å². The fourth-order valence-corrected chi connectivity index (χ4v) is 6.88. The maximum Gasteiger partial charge on any atom is 0.159 e. The van der Waals surface area contributed by atoms with Gasteiger partial charge in [-0.05, 0) is 71.1 Å². The van der Waals surface area contributed by atoms with E-state index in [1.807, 2.05) is 12.4 Å². The lowest BCUT2D eigenvalue weighted by Gasteiger charge is -2.17. The van der Waals surface area contributed by atoms with Crippen molar-refractivity contribution in [3.8, 4) is 33.6 Å². The first kappa shape index (κ1) is 23.1. The summed E-state index contributed by atoms with van der Waals surface area (Å²) < 4.78 is 0. The summed E-state index contributed by atoms with van der Waals surface area (Å²) in [6.07, 6.45) is 3.99. The second-order valence-electron chi connectivity index (χ2n) is 11.0. The molecule has 0 aliphatic heterocycles. The average molecular weight is 533 g/mol. The van der Waals surface area contributed by atoms with Gasteiger partial charge in [0.25, 0.3) is 0 Å². The van der Waals surface area contributed by atoms with Gasteiger partial charge < -0.3 is 0 Å². The third kappa shape index (κ3) is 3.33. The minimum atomic E-state index is 0.742. The van der Waals surface area contributed by atoms with Gasteiger partial charge in [0.15, 0.2) is 5.82 Å². The van der Waals surface area contributed by atoms with E-state index < -0.39 is 0 Å². The smallest absolute Gasteiger partial charge is 0.159 e. The number of hydrogen-bond donors (Lipinski definition) is 0. The van der Waals surface area contributed by atoms with E-state index >= 15 is 0 Å². The van der Waals surface area contributed by atoms with E-state index in [9.17, 15) is 0 Å². The maximum atomic E-state index is 4.99. The van der Waals surface area contributed by atoms with Crippen molar-refractivity contribution < 1.29 is 0 Å². The Morgan fingerprint density at radius 1 is 0.333 bits per heavy atom. The van der Waals surface area contributed by atoms with E-state index in [1.54, 1.807) is 0 Å². The van der Waals surface area contributed by atoms with Crippen LogP contribution < -0.4 is 0 Å². The number of fused-ring (bicyclic) bond motifs is 2. The van der Waals surface area contributed by atoms with Crippen molar-refractivity contribution in [1.82, 2.24) is 9.97 Å². The largest absolute Gasteiger partial charge is 0.236 e. The Hall–Kier alpha value is -5.60. The van der Waals surface area contributed by atoms with Crippen LogP contribution in [0.15, 0.2) is 146 Å². The molecule has 0 N–H and O–H groups in total. The first-order chi connectivity index (χ1) is 20.8. The van der Waals surface area contributed by atoms with Crippen LogP contribution in [-0.4, -0.2) is 9.97 Å². The molecule has 0 saturated heterocycles. The van der Waals surface area contributed by atoms with Crippen molar-refractivity contribution in [1.29, 1.82) is 0 Å². The summed E-state index contributed by atoms with van der Waals surface area (Å²) in [5.41, 5.74) is 5.72. The van der Waals surface area contributed by atoms with Crippen LogP contribution in [0.1, 0.15) is 0 Å². The van der Waals surface area contributed by atoms with Gasteiger partial charge in [-0.15, -0.1) is 0 Å². The quantitative estimate of drug-likeness (QED) is 0.167. The second-order valence-corrected chi connectivity index (χ2v) is 11.0. The Bertz CT molecular complexity index is 2370. The van der Waals surface area contributed by atoms with E-state index in [2.05, 4.69) is 133 Å². The highest BCUT2D eigenvalue weighted by Gasteiger charge is 2.18. The minimum Gasteiger partial charge on any atom is -0.236 e. The normalized spacial score (nSPS) is 11.8. The predicted molar refractivity (Wildman–Crippen MR) is 177 cm³/mol. The molecule has 42 heavy (non-hydrogen) atoms. The third-order valence-corrected chi connectivity index (χ3v) is 8.70. The molecule has 1 aromatic heterocycles. The minimum absolute atomic E-state index is 0.742. The van der Waals surface area contributed by atoms with Gasteiger partial charge in [-0.1, -0.05) is 127 Å². The zero-order valence-electron chi connectivity index (χ0n) is 22.8. The molecule has 0 amide bonds. The van der Waals surface area contributed by atoms with Gasteiger partial charge in [0.05, 0.1) is 0 Å². The molecule has 1 heterocycles. The molecule has 8 aromatic carbocycles. The number of hydrogen-bond acceptors (Lipinski definition) is 2. The molecule has 9 aromatic rings. The van der Waals surface area contributed by atoms with Gasteiger partial charge in [-0.3, -0.25) is 0 Å². The van der Waals surface area contributed by atoms with Crippen LogP contribution in [0.25, 0.3) is 87.5 Å². The zero-order chi connectivity index (χ0) is 27.6. The molecule has 0 radical (unpaired) electrons. The standard InChI is InChI=1S/C40H24N2/c1-2-9-25(10-3-1)37-30-13-4-6-15-32(30)38(33-16-7-5-14-31(33)37)29-23-41-40(42-24-29)35-22-20-28-18-17-26-11-8-12-27-19-21-34(35)39(28)36(26)27/h1-24H. The molecular formula is C40H24N2. The lowest BCUT2D eigenvalue weighted by Crippen LogP contribution is -1.94. The Morgan fingerprint density at radius 2 is 0.833 bits per heavy atom. The van der Waals surface area contributed by atoms with Crippen molar-refractivity contribution in [3.05, 3.63) is 146 Å².